The lowest BCUT2D eigenvalue weighted by Gasteiger charge is -2.19. The zero-order chi connectivity index (χ0) is 18.7. The Bertz CT molecular complexity index is 835. The van der Waals surface area contributed by atoms with Crippen molar-refractivity contribution in [2.24, 2.45) is 0 Å². The Labute approximate surface area is 162 Å². The summed E-state index contributed by atoms with van der Waals surface area (Å²) >= 11 is 3.07. The topological polar surface area (TPSA) is 74.8 Å². The van der Waals surface area contributed by atoms with E-state index >= 15 is 0 Å². The normalized spacial score (nSPS) is 17.2. The van der Waals surface area contributed by atoms with Crippen LogP contribution in [0.4, 0.5) is 0 Å². The molecule has 1 aliphatic rings. The van der Waals surface area contributed by atoms with Crippen molar-refractivity contribution in [3.8, 4) is 0 Å². The number of thiophene rings is 1. The van der Waals surface area contributed by atoms with Crippen molar-refractivity contribution in [2.75, 3.05) is 0 Å². The molecule has 142 valence electrons. The summed E-state index contributed by atoms with van der Waals surface area (Å²) in [6.07, 6.45) is 7.14. The van der Waals surface area contributed by atoms with Gasteiger partial charge in [-0.05, 0) is 39.2 Å². The molecule has 0 saturated heterocycles. The van der Waals surface area contributed by atoms with Crippen molar-refractivity contribution in [1.82, 2.24) is 15.3 Å². The molecule has 2 aromatic rings. The summed E-state index contributed by atoms with van der Waals surface area (Å²) in [6.45, 7) is 5.89. The Balaban J connectivity index is 1.60. The van der Waals surface area contributed by atoms with Crippen LogP contribution >= 0.6 is 23.1 Å². The quantitative estimate of drug-likeness (QED) is 0.751. The first-order chi connectivity index (χ1) is 12.5. The zero-order valence-corrected chi connectivity index (χ0v) is 17.3. The Morgan fingerprint density at radius 2 is 2.00 bits per heavy atom. The average Bonchev–Trinajstić information content (AvgIpc) is 2.78. The third kappa shape index (κ3) is 4.49. The van der Waals surface area contributed by atoms with Gasteiger partial charge >= 0.3 is 0 Å². The molecule has 1 aliphatic carbocycles. The van der Waals surface area contributed by atoms with Crippen molar-refractivity contribution in [3.63, 3.8) is 0 Å². The van der Waals surface area contributed by atoms with E-state index in [9.17, 15) is 9.59 Å². The maximum absolute atomic E-state index is 12.4. The summed E-state index contributed by atoms with van der Waals surface area (Å²) in [6, 6.07) is 0.319. The minimum atomic E-state index is -0.161. The highest BCUT2D eigenvalue weighted by molar-refractivity contribution is 7.99. The van der Waals surface area contributed by atoms with Crippen LogP contribution in [0.1, 0.15) is 61.7 Å². The predicted octanol–water partition coefficient (Wildman–Crippen LogP) is 4.06. The fraction of sp³-hybridized carbons (Fsp3) is 0.632. The molecule has 0 radical (unpaired) electrons. The lowest BCUT2D eigenvalue weighted by molar-refractivity contribution is -0.121. The van der Waals surface area contributed by atoms with E-state index in [1.807, 2.05) is 20.8 Å². The molecule has 0 aliphatic heterocycles. The second kappa shape index (κ2) is 8.57. The highest BCUT2D eigenvalue weighted by atomic mass is 32.2. The molecular formula is C19H27N3O2S2. The van der Waals surface area contributed by atoms with Crippen molar-refractivity contribution in [3.05, 3.63) is 26.6 Å². The van der Waals surface area contributed by atoms with Crippen LogP contribution in [0.2, 0.25) is 0 Å². The Morgan fingerprint density at radius 1 is 1.31 bits per heavy atom. The Morgan fingerprint density at radius 3 is 2.69 bits per heavy atom. The molecule has 2 aromatic heterocycles. The number of aryl methyl sites for hydroxylation is 2. The molecular weight excluding hydrogens is 366 g/mol. The SMILES string of the molecule is Cc1sc2nc(CS[C@@H](C)C(=O)NC3CCCCCC3)[nH]c(=O)c2c1C. The van der Waals surface area contributed by atoms with Gasteiger partial charge in [0, 0.05) is 10.9 Å². The highest BCUT2D eigenvalue weighted by Gasteiger charge is 2.20. The molecule has 0 spiro atoms. The van der Waals surface area contributed by atoms with E-state index < -0.39 is 0 Å². The minimum Gasteiger partial charge on any atom is -0.352 e. The van der Waals surface area contributed by atoms with Gasteiger partial charge in [-0.1, -0.05) is 25.7 Å². The van der Waals surface area contributed by atoms with Gasteiger partial charge in [-0.2, -0.15) is 0 Å². The highest BCUT2D eigenvalue weighted by Crippen LogP contribution is 2.26. The van der Waals surface area contributed by atoms with Crippen LogP contribution in [-0.2, 0) is 10.5 Å². The van der Waals surface area contributed by atoms with E-state index in [4.69, 9.17) is 0 Å². The summed E-state index contributed by atoms with van der Waals surface area (Å²) in [4.78, 5) is 34.2. The fourth-order valence-corrected chi connectivity index (χ4v) is 5.20. The van der Waals surface area contributed by atoms with Gasteiger partial charge in [0.1, 0.15) is 10.7 Å². The number of aromatic amines is 1. The second-order valence-electron chi connectivity index (χ2n) is 7.13. The largest absolute Gasteiger partial charge is 0.352 e. The number of carbonyl (C=O) groups is 1. The first-order valence-corrected chi connectivity index (χ1v) is 11.2. The number of hydrogen-bond acceptors (Lipinski definition) is 5. The minimum absolute atomic E-state index is 0.0805. The van der Waals surface area contributed by atoms with Crippen LogP contribution in [0.15, 0.2) is 4.79 Å². The number of thioether (sulfide) groups is 1. The van der Waals surface area contributed by atoms with E-state index in [0.717, 1.165) is 28.1 Å². The monoisotopic (exact) mass is 393 g/mol. The molecule has 1 amide bonds. The number of nitrogens with one attached hydrogen (secondary N) is 2. The summed E-state index contributed by atoms with van der Waals surface area (Å²) in [7, 11) is 0. The number of amides is 1. The number of fused-ring (bicyclic) bond motifs is 1. The number of aromatic nitrogens is 2. The summed E-state index contributed by atoms with van der Waals surface area (Å²) in [5.74, 6) is 1.26. The van der Waals surface area contributed by atoms with Crippen molar-refractivity contribution in [2.45, 2.75) is 76.3 Å². The lowest BCUT2D eigenvalue weighted by atomic mass is 10.1. The van der Waals surface area contributed by atoms with Crippen molar-refractivity contribution >= 4 is 39.2 Å². The van der Waals surface area contributed by atoms with E-state index in [-0.39, 0.29) is 16.7 Å². The number of H-pyrrole nitrogens is 1. The molecule has 2 heterocycles. The smallest absolute Gasteiger partial charge is 0.259 e. The second-order valence-corrected chi connectivity index (χ2v) is 9.66. The Hall–Kier alpha value is -1.34. The van der Waals surface area contributed by atoms with Crippen LogP contribution < -0.4 is 10.9 Å². The van der Waals surface area contributed by atoms with E-state index in [1.54, 1.807) is 11.3 Å². The summed E-state index contributed by atoms with van der Waals surface area (Å²) < 4.78 is 0. The number of hydrogen-bond donors (Lipinski definition) is 2. The van der Waals surface area contributed by atoms with Crippen LogP contribution in [-0.4, -0.2) is 27.2 Å². The summed E-state index contributed by atoms with van der Waals surface area (Å²) in [5, 5.41) is 3.73. The zero-order valence-electron chi connectivity index (χ0n) is 15.7. The summed E-state index contributed by atoms with van der Waals surface area (Å²) in [5.41, 5.74) is 0.928. The third-order valence-electron chi connectivity index (χ3n) is 5.13. The van der Waals surface area contributed by atoms with Gasteiger partial charge in [-0.25, -0.2) is 4.98 Å². The molecule has 0 unspecified atom stereocenters. The van der Waals surface area contributed by atoms with Gasteiger partial charge in [-0.3, -0.25) is 9.59 Å². The molecule has 5 nitrogen and oxygen atoms in total. The standard InChI is InChI=1S/C19H27N3O2S2/c1-11-12(2)26-19-16(11)18(24)21-15(22-19)10-25-13(3)17(23)20-14-8-6-4-5-7-9-14/h13-14H,4-10H2,1-3H3,(H,20,23)(H,21,22,24)/t13-/m0/s1. The van der Waals surface area contributed by atoms with E-state index in [0.29, 0.717) is 23.0 Å². The first-order valence-electron chi connectivity index (χ1n) is 9.36. The molecule has 7 heteroatoms. The van der Waals surface area contributed by atoms with Gasteiger partial charge < -0.3 is 10.3 Å². The van der Waals surface area contributed by atoms with Gasteiger partial charge in [0.25, 0.3) is 5.56 Å². The van der Waals surface area contributed by atoms with Gasteiger partial charge in [-0.15, -0.1) is 23.1 Å². The molecule has 1 saturated carbocycles. The maximum atomic E-state index is 12.4. The molecule has 3 rings (SSSR count). The van der Waals surface area contributed by atoms with Gasteiger partial charge in [0.05, 0.1) is 16.4 Å². The van der Waals surface area contributed by atoms with E-state index in [1.165, 1.54) is 37.4 Å². The average molecular weight is 394 g/mol. The van der Waals surface area contributed by atoms with E-state index in [2.05, 4.69) is 15.3 Å². The first kappa shape index (κ1) is 19.4. The molecule has 0 bridgehead atoms. The molecule has 1 atom stereocenters. The van der Waals surface area contributed by atoms with Crippen LogP contribution in [0.25, 0.3) is 10.2 Å². The van der Waals surface area contributed by atoms with Crippen LogP contribution in [0.3, 0.4) is 0 Å². The predicted molar refractivity (Wildman–Crippen MR) is 110 cm³/mol. The fourth-order valence-electron chi connectivity index (χ4n) is 3.39. The lowest BCUT2D eigenvalue weighted by Crippen LogP contribution is -2.39. The third-order valence-corrected chi connectivity index (χ3v) is 7.38. The molecule has 0 aromatic carbocycles. The molecule has 26 heavy (non-hydrogen) atoms. The van der Waals surface area contributed by atoms with Crippen molar-refractivity contribution < 1.29 is 4.79 Å². The number of carbonyl (C=O) groups excluding carboxylic acids is 1. The van der Waals surface area contributed by atoms with Gasteiger partial charge in [0.15, 0.2) is 0 Å². The maximum Gasteiger partial charge on any atom is 0.259 e. The van der Waals surface area contributed by atoms with Crippen molar-refractivity contribution in [1.29, 1.82) is 0 Å². The van der Waals surface area contributed by atoms with Crippen LogP contribution in [0.5, 0.6) is 0 Å². The molecule has 2 N–H and O–H groups in total. The van der Waals surface area contributed by atoms with Gasteiger partial charge in [0.2, 0.25) is 5.91 Å². The number of nitrogens with zero attached hydrogens (tertiary/aromatic N) is 1. The Kier molecular flexibility index (Phi) is 6.40. The number of rotatable bonds is 5. The van der Waals surface area contributed by atoms with Crippen LogP contribution in [0, 0.1) is 13.8 Å². The molecule has 1 fully saturated rings.